The molecular formula is C19H37N3OS. The van der Waals surface area contributed by atoms with Gasteiger partial charge in [0.2, 0.25) is 0 Å². The Morgan fingerprint density at radius 3 is 2.46 bits per heavy atom. The molecule has 0 atom stereocenters. The molecule has 1 aliphatic heterocycles. The van der Waals surface area contributed by atoms with E-state index in [2.05, 4.69) is 37.2 Å². The molecule has 0 spiro atoms. The molecule has 0 aromatic rings. The van der Waals surface area contributed by atoms with Gasteiger partial charge in [0.15, 0.2) is 5.96 Å². The summed E-state index contributed by atoms with van der Waals surface area (Å²) in [5.74, 6) is 1.91. The highest BCUT2D eigenvalue weighted by molar-refractivity contribution is 7.99. The van der Waals surface area contributed by atoms with Gasteiger partial charge >= 0.3 is 0 Å². The molecule has 140 valence electrons. The normalized spacial score (nSPS) is 21.5. The summed E-state index contributed by atoms with van der Waals surface area (Å²) in [4.78, 5) is 7.30. The van der Waals surface area contributed by atoms with Crippen molar-refractivity contribution >= 4 is 17.7 Å². The van der Waals surface area contributed by atoms with E-state index in [0.717, 1.165) is 57.5 Å². The summed E-state index contributed by atoms with van der Waals surface area (Å²) in [7, 11) is 0. The molecule has 0 bridgehead atoms. The number of nitrogens with zero attached hydrogens (tertiary/aromatic N) is 2. The third-order valence-electron chi connectivity index (χ3n) is 5.28. The zero-order valence-electron chi connectivity index (χ0n) is 16.1. The van der Waals surface area contributed by atoms with Gasteiger partial charge in [-0.2, -0.15) is 11.8 Å². The number of likely N-dealkylation sites (tertiary alicyclic amines) is 1. The first-order valence-corrected chi connectivity index (χ1v) is 11.0. The number of hydrogen-bond acceptors (Lipinski definition) is 3. The Kier molecular flexibility index (Phi) is 8.21. The molecule has 0 radical (unpaired) electrons. The van der Waals surface area contributed by atoms with Crippen molar-refractivity contribution in [3.05, 3.63) is 0 Å². The molecule has 5 heteroatoms. The van der Waals surface area contributed by atoms with Crippen molar-refractivity contribution in [3.63, 3.8) is 0 Å². The van der Waals surface area contributed by atoms with Crippen LogP contribution in [0.25, 0.3) is 0 Å². The van der Waals surface area contributed by atoms with E-state index in [1.807, 2.05) is 11.8 Å². The van der Waals surface area contributed by atoms with Crippen LogP contribution in [0.4, 0.5) is 0 Å². The van der Waals surface area contributed by atoms with Crippen LogP contribution in [0.15, 0.2) is 4.99 Å². The van der Waals surface area contributed by atoms with E-state index < -0.39 is 0 Å². The molecule has 2 rings (SSSR count). The Morgan fingerprint density at radius 2 is 1.88 bits per heavy atom. The van der Waals surface area contributed by atoms with E-state index in [0.29, 0.717) is 6.10 Å². The number of rotatable bonds is 7. The lowest BCUT2D eigenvalue weighted by Gasteiger charge is -2.35. The van der Waals surface area contributed by atoms with Gasteiger partial charge in [0.05, 0.1) is 12.6 Å². The van der Waals surface area contributed by atoms with Crippen LogP contribution >= 0.6 is 11.8 Å². The predicted molar refractivity (Wildman–Crippen MR) is 106 cm³/mol. The lowest BCUT2D eigenvalue weighted by Crippen LogP contribution is -2.47. The monoisotopic (exact) mass is 355 g/mol. The fourth-order valence-electron chi connectivity index (χ4n) is 3.44. The molecule has 24 heavy (non-hydrogen) atoms. The van der Waals surface area contributed by atoms with E-state index in [-0.39, 0.29) is 4.75 Å². The first kappa shape index (κ1) is 19.9. The van der Waals surface area contributed by atoms with E-state index in [9.17, 15) is 0 Å². The minimum absolute atomic E-state index is 0.198. The Labute approximate surface area is 153 Å². The molecule has 0 aromatic carbocycles. The average Bonchev–Trinajstić information content (AvgIpc) is 3.11. The first-order chi connectivity index (χ1) is 11.5. The molecular weight excluding hydrogens is 318 g/mol. The summed E-state index contributed by atoms with van der Waals surface area (Å²) in [5.41, 5.74) is 0. The number of ether oxygens (including phenoxy) is 1. The van der Waals surface area contributed by atoms with Crippen molar-refractivity contribution in [3.8, 4) is 0 Å². The topological polar surface area (TPSA) is 36.9 Å². The number of hydrogen-bond donors (Lipinski definition) is 1. The molecule has 2 fully saturated rings. The van der Waals surface area contributed by atoms with Crippen molar-refractivity contribution in [2.75, 3.05) is 39.0 Å². The largest absolute Gasteiger partial charge is 0.378 e. The predicted octanol–water partition coefficient (Wildman–Crippen LogP) is 3.76. The third kappa shape index (κ3) is 6.47. The smallest absolute Gasteiger partial charge is 0.193 e. The molecule has 0 unspecified atom stereocenters. The van der Waals surface area contributed by atoms with Crippen LogP contribution in [0.5, 0.6) is 0 Å². The lowest BCUT2D eigenvalue weighted by atomic mass is 10.1. The number of thioether (sulfide) groups is 1. The number of aliphatic imine (C=N–C) groups is 1. The molecule has 4 nitrogen and oxygen atoms in total. The molecule has 2 aliphatic rings. The average molecular weight is 356 g/mol. The maximum Gasteiger partial charge on any atom is 0.193 e. The minimum atomic E-state index is 0.198. The summed E-state index contributed by atoms with van der Waals surface area (Å²) >= 11 is 1.88. The summed E-state index contributed by atoms with van der Waals surface area (Å²) in [6, 6.07) is 0. The maximum atomic E-state index is 6.20. The third-order valence-corrected chi connectivity index (χ3v) is 6.52. The molecule has 1 N–H and O–H groups in total. The number of nitrogens with one attached hydrogen (secondary N) is 1. The van der Waals surface area contributed by atoms with E-state index >= 15 is 0 Å². The van der Waals surface area contributed by atoms with Crippen molar-refractivity contribution < 1.29 is 4.74 Å². The Bertz CT molecular complexity index is 386. The Morgan fingerprint density at radius 1 is 1.21 bits per heavy atom. The van der Waals surface area contributed by atoms with Crippen LogP contribution < -0.4 is 5.32 Å². The van der Waals surface area contributed by atoms with Gasteiger partial charge in [0.25, 0.3) is 0 Å². The van der Waals surface area contributed by atoms with E-state index in [1.54, 1.807) is 0 Å². The summed E-state index contributed by atoms with van der Waals surface area (Å²) in [6.07, 6.45) is 10.4. The number of guanidine groups is 1. The fourth-order valence-corrected chi connectivity index (χ4v) is 3.63. The van der Waals surface area contributed by atoms with Gasteiger partial charge in [0.1, 0.15) is 0 Å². The second kappa shape index (κ2) is 9.91. The molecule has 1 saturated heterocycles. The summed E-state index contributed by atoms with van der Waals surface area (Å²) in [6.45, 7) is 11.5. The summed E-state index contributed by atoms with van der Waals surface area (Å²) in [5, 5.41) is 3.47. The van der Waals surface area contributed by atoms with E-state index in [1.165, 1.54) is 25.7 Å². The van der Waals surface area contributed by atoms with Crippen LogP contribution in [0.3, 0.4) is 0 Å². The van der Waals surface area contributed by atoms with Crippen molar-refractivity contribution in [1.82, 2.24) is 10.2 Å². The highest BCUT2D eigenvalue weighted by Crippen LogP contribution is 2.26. The van der Waals surface area contributed by atoms with Gasteiger partial charge in [-0.05, 0) is 58.6 Å². The zero-order chi connectivity index (χ0) is 17.4. The van der Waals surface area contributed by atoms with Crippen LogP contribution in [-0.4, -0.2) is 60.8 Å². The maximum absolute atomic E-state index is 6.20. The van der Waals surface area contributed by atoms with Gasteiger partial charge in [-0.15, -0.1) is 0 Å². The number of piperidine rings is 1. The fraction of sp³-hybridized carbons (Fsp3) is 0.947. The first-order valence-electron chi connectivity index (χ1n) is 9.74. The molecule has 0 aromatic heterocycles. The van der Waals surface area contributed by atoms with Gasteiger partial charge in [0, 0.05) is 31.0 Å². The van der Waals surface area contributed by atoms with Gasteiger partial charge in [-0.3, -0.25) is 4.99 Å². The van der Waals surface area contributed by atoms with Gasteiger partial charge in [-0.25, -0.2) is 0 Å². The standard InChI is InChI=1S/C19H37N3OS/c1-5-20-18(21-15-19(2,3)24-4)22-12-10-17(11-13-22)23-14-16-8-6-7-9-16/h16-17H,5-15H2,1-4H3,(H,20,21). The van der Waals surface area contributed by atoms with Gasteiger partial charge < -0.3 is 15.0 Å². The molecule has 1 aliphatic carbocycles. The lowest BCUT2D eigenvalue weighted by molar-refractivity contribution is 0.00101. The quantitative estimate of drug-likeness (QED) is 0.557. The molecule has 1 saturated carbocycles. The van der Waals surface area contributed by atoms with Crippen molar-refractivity contribution in [2.45, 2.75) is 70.1 Å². The Balaban J connectivity index is 1.77. The van der Waals surface area contributed by atoms with Crippen molar-refractivity contribution in [2.24, 2.45) is 10.9 Å². The van der Waals surface area contributed by atoms with E-state index in [4.69, 9.17) is 9.73 Å². The molecule has 0 amide bonds. The van der Waals surface area contributed by atoms with Crippen LogP contribution in [0, 0.1) is 5.92 Å². The molecule has 1 heterocycles. The van der Waals surface area contributed by atoms with Crippen LogP contribution in [0.1, 0.15) is 59.3 Å². The highest BCUT2D eigenvalue weighted by Gasteiger charge is 2.24. The Hall–Kier alpha value is -0.420. The van der Waals surface area contributed by atoms with Gasteiger partial charge in [-0.1, -0.05) is 12.8 Å². The van der Waals surface area contributed by atoms with Crippen LogP contribution in [-0.2, 0) is 4.74 Å². The van der Waals surface area contributed by atoms with Crippen LogP contribution in [0.2, 0.25) is 0 Å². The van der Waals surface area contributed by atoms with Crippen molar-refractivity contribution in [1.29, 1.82) is 0 Å². The minimum Gasteiger partial charge on any atom is -0.378 e. The SMILES string of the molecule is CCNC(=NCC(C)(C)SC)N1CCC(OCC2CCCC2)CC1. The summed E-state index contributed by atoms with van der Waals surface area (Å²) < 4.78 is 6.39. The highest BCUT2D eigenvalue weighted by atomic mass is 32.2. The zero-order valence-corrected chi connectivity index (χ0v) is 17.0. The second-order valence-electron chi connectivity index (χ2n) is 7.80. The second-order valence-corrected chi connectivity index (χ2v) is 9.32.